The van der Waals surface area contributed by atoms with Crippen LogP contribution in [-0.4, -0.2) is 11.5 Å². The molecule has 2 aromatic carbocycles. The molecule has 2 rings (SSSR count). The number of nitrogens with two attached hydrogens (primary N) is 1. The van der Waals surface area contributed by atoms with Crippen molar-refractivity contribution in [2.45, 2.75) is 6.42 Å². The Kier molecular flexibility index (Phi) is 3.86. The van der Waals surface area contributed by atoms with E-state index in [1.54, 1.807) is 12.1 Å². The lowest BCUT2D eigenvalue weighted by Crippen LogP contribution is -2.11. The van der Waals surface area contributed by atoms with E-state index in [4.69, 9.17) is 5.84 Å². The number of hydrazone groups is 1. The van der Waals surface area contributed by atoms with Crippen molar-refractivity contribution in [1.29, 1.82) is 0 Å². The first-order chi connectivity index (χ1) is 8.81. The van der Waals surface area contributed by atoms with Gasteiger partial charge in [-0.1, -0.05) is 60.7 Å². The van der Waals surface area contributed by atoms with Gasteiger partial charge >= 0.3 is 0 Å². The van der Waals surface area contributed by atoms with Crippen LogP contribution in [0.4, 0.5) is 0 Å². The maximum Gasteiger partial charge on any atom is 0.168 e. The molecular formula is C15H14N2O. The molecule has 0 saturated carbocycles. The van der Waals surface area contributed by atoms with E-state index in [0.717, 1.165) is 5.56 Å². The van der Waals surface area contributed by atoms with Crippen molar-refractivity contribution >= 4 is 11.5 Å². The average molecular weight is 238 g/mol. The number of benzene rings is 2. The van der Waals surface area contributed by atoms with E-state index in [0.29, 0.717) is 11.3 Å². The second-order valence-corrected chi connectivity index (χ2v) is 3.91. The van der Waals surface area contributed by atoms with Gasteiger partial charge in [-0.3, -0.25) is 4.79 Å². The van der Waals surface area contributed by atoms with Crippen LogP contribution in [0.2, 0.25) is 0 Å². The molecule has 0 spiro atoms. The first-order valence-corrected chi connectivity index (χ1v) is 5.71. The van der Waals surface area contributed by atoms with Gasteiger partial charge in [0.25, 0.3) is 0 Å². The minimum absolute atomic E-state index is 0.0173. The van der Waals surface area contributed by atoms with Crippen LogP contribution in [0, 0.1) is 0 Å². The summed E-state index contributed by atoms with van der Waals surface area (Å²) in [5.74, 6) is 5.38. The van der Waals surface area contributed by atoms with E-state index >= 15 is 0 Å². The van der Waals surface area contributed by atoms with Crippen molar-refractivity contribution in [3.63, 3.8) is 0 Å². The van der Waals surface area contributed by atoms with E-state index in [-0.39, 0.29) is 12.2 Å². The summed E-state index contributed by atoms with van der Waals surface area (Å²) in [6.45, 7) is 0. The lowest BCUT2D eigenvalue weighted by Gasteiger charge is -2.04. The van der Waals surface area contributed by atoms with Gasteiger partial charge in [0.1, 0.15) is 0 Å². The monoisotopic (exact) mass is 238 g/mol. The van der Waals surface area contributed by atoms with Gasteiger partial charge in [0.15, 0.2) is 5.78 Å². The summed E-state index contributed by atoms with van der Waals surface area (Å²) < 4.78 is 0. The quantitative estimate of drug-likeness (QED) is 0.385. The van der Waals surface area contributed by atoms with Crippen molar-refractivity contribution in [2.75, 3.05) is 0 Å². The van der Waals surface area contributed by atoms with E-state index in [1.807, 2.05) is 48.5 Å². The smallest absolute Gasteiger partial charge is 0.168 e. The van der Waals surface area contributed by atoms with E-state index in [9.17, 15) is 4.79 Å². The summed E-state index contributed by atoms with van der Waals surface area (Å²) in [6.07, 6.45) is 0.213. The molecule has 2 N–H and O–H groups in total. The van der Waals surface area contributed by atoms with Gasteiger partial charge in [0.05, 0.1) is 12.1 Å². The lowest BCUT2D eigenvalue weighted by atomic mass is 10.0. The molecule has 0 fully saturated rings. The van der Waals surface area contributed by atoms with Gasteiger partial charge in [-0.2, -0.15) is 5.10 Å². The highest BCUT2D eigenvalue weighted by Gasteiger charge is 2.11. The second kappa shape index (κ2) is 5.77. The molecule has 0 radical (unpaired) electrons. The number of hydrogen-bond donors (Lipinski definition) is 1. The molecule has 0 aliphatic heterocycles. The number of rotatable bonds is 4. The fourth-order valence-corrected chi connectivity index (χ4v) is 1.73. The Balaban J connectivity index is 2.16. The van der Waals surface area contributed by atoms with Crippen molar-refractivity contribution in [1.82, 2.24) is 0 Å². The van der Waals surface area contributed by atoms with Crippen LogP contribution in [0.5, 0.6) is 0 Å². The van der Waals surface area contributed by atoms with Gasteiger partial charge in [-0.25, -0.2) is 0 Å². The first-order valence-electron chi connectivity index (χ1n) is 5.71. The van der Waals surface area contributed by atoms with Crippen molar-refractivity contribution in [3.05, 3.63) is 71.8 Å². The minimum atomic E-state index is 0.0173. The second-order valence-electron chi connectivity index (χ2n) is 3.91. The lowest BCUT2D eigenvalue weighted by molar-refractivity contribution is 0.100. The molecule has 90 valence electrons. The molecule has 0 aliphatic rings. The number of carbonyl (C=O) groups excluding carboxylic acids is 1. The molecule has 3 nitrogen and oxygen atoms in total. The zero-order chi connectivity index (χ0) is 12.8. The minimum Gasteiger partial charge on any atom is -0.323 e. The van der Waals surface area contributed by atoms with E-state index in [2.05, 4.69) is 5.10 Å². The highest BCUT2D eigenvalue weighted by molar-refractivity contribution is 6.15. The summed E-state index contributed by atoms with van der Waals surface area (Å²) in [7, 11) is 0. The van der Waals surface area contributed by atoms with Gasteiger partial charge in [-0.15, -0.1) is 0 Å². The third-order valence-corrected chi connectivity index (χ3v) is 2.69. The van der Waals surface area contributed by atoms with Crippen LogP contribution in [0.3, 0.4) is 0 Å². The summed E-state index contributed by atoms with van der Waals surface area (Å²) in [4.78, 5) is 12.1. The average Bonchev–Trinajstić information content (AvgIpc) is 2.46. The molecule has 0 amide bonds. The van der Waals surface area contributed by atoms with Gasteiger partial charge < -0.3 is 5.84 Å². The van der Waals surface area contributed by atoms with Crippen LogP contribution < -0.4 is 5.84 Å². The normalized spacial score (nSPS) is 11.2. The molecule has 18 heavy (non-hydrogen) atoms. The molecule has 0 bridgehead atoms. The first kappa shape index (κ1) is 12.0. The van der Waals surface area contributed by atoms with Crippen LogP contribution in [0.25, 0.3) is 0 Å². The molecular weight excluding hydrogens is 224 g/mol. The Morgan fingerprint density at radius 1 is 0.889 bits per heavy atom. The van der Waals surface area contributed by atoms with Crippen molar-refractivity contribution in [2.24, 2.45) is 10.9 Å². The molecule has 3 heteroatoms. The molecule has 0 unspecified atom stereocenters. The summed E-state index contributed by atoms with van der Waals surface area (Å²) in [5, 5.41) is 3.72. The SMILES string of the molecule is NN=C(CC(=O)c1ccccc1)c1ccccc1. The van der Waals surface area contributed by atoms with Gasteiger partial charge in [0.2, 0.25) is 0 Å². The third kappa shape index (κ3) is 2.83. The maximum atomic E-state index is 12.1. The van der Waals surface area contributed by atoms with Crippen LogP contribution in [-0.2, 0) is 0 Å². The van der Waals surface area contributed by atoms with Crippen LogP contribution in [0.15, 0.2) is 65.8 Å². The Hall–Kier alpha value is -2.42. The molecule has 0 aliphatic carbocycles. The largest absolute Gasteiger partial charge is 0.323 e. The summed E-state index contributed by atoms with van der Waals surface area (Å²) in [6, 6.07) is 18.6. The Morgan fingerprint density at radius 3 is 1.89 bits per heavy atom. The predicted octanol–water partition coefficient (Wildman–Crippen LogP) is 2.62. The molecule has 0 atom stereocenters. The maximum absolute atomic E-state index is 12.1. The summed E-state index contributed by atoms with van der Waals surface area (Å²) >= 11 is 0. The number of nitrogens with zero attached hydrogens (tertiary/aromatic N) is 1. The predicted molar refractivity (Wildman–Crippen MR) is 72.6 cm³/mol. The molecule has 0 saturated heterocycles. The third-order valence-electron chi connectivity index (χ3n) is 2.69. The summed E-state index contributed by atoms with van der Waals surface area (Å²) in [5.41, 5.74) is 2.16. The molecule has 0 heterocycles. The number of hydrogen-bond acceptors (Lipinski definition) is 3. The van der Waals surface area contributed by atoms with Gasteiger partial charge in [-0.05, 0) is 5.56 Å². The van der Waals surface area contributed by atoms with Crippen molar-refractivity contribution < 1.29 is 4.79 Å². The van der Waals surface area contributed by atoms with E-state index in [1.165, 1.54) is 0 Å². The number of Topliss-reactive ketones (excluding diaryl/α,β-unsaturated/α-hetero) is 1. The van der Waals surface area contributed by atoms with E-state index < -0.39 is 0 Å². The number of carbonyl (C=O) groups is 1. The molecule has 2 aromatic rings. The van der Waals surface area contributed by atoms with Crippen LogP contribution >= 0.6 is 0 Å². The zero-order valence-corrected chi connectivity index (χ0v) is 9.91. The highest BCUT2D eigenvalue weighted by atomic mass is 16.1. The zero-order valence-electron chi connectivity index (χ0n) is 9.91. The van der Waals surface area contributed by atoms with Crippen LogP contribution in [0.1, 0.15) is 22.3 Å². The Morgan fingerprint density at radius 2 is 1.39 bits per heavy atom. The topological polar surface area (TPSA) is 55.4 Å². The highest BCUT2D eigenvalue weighted by Crippen LogP contribution is 2.09. The fourth-order valence-electron chi connectivity index (χ4n) is 1.73. The fraction of sp³-hybridized carbons (Fsp3) is 0.0667. The number of ketones is 1. The van der Waals surface area contributed by atoms with Gasteiger partial charge in [0, 0.05) is 5.56 Å². The molecule has 0 aromatic heterocycles. The Labute approximate surface area is 106 Å². The van der Waals surface area contributed by atoms with Crippen molar-refractivity contribution in [3.8, 4) is 0 Å². The Bertz CT molecular complexity index is 547. The standard InChI is InChI=1S/C15H14N2O/c16-17-14(12-7-3-1-4-8-12)11-15(18)13-9-5-2-6-10-13/h1-10H,11,16H2.